The molecule has 0 unspecified atom stereocenters. The second-order valence-corrected chi connectivity index (χ2v) is 3.92. The number of aromatic nitrogens is 3. The zero-order valence-corrected chi connectivity index (χ0v) is 8.26. The summed E-state index contributed by atoms with van der Waals surface area (Å²) in [7, 11) is 0. The Morgan fingerprint density at radius 2 is 2.33 bits per heavy atom. The molecule has 15 heavy (non-hydrogen) atoms. The van der Waals surface area contributed by atoms with Crippen LogP contribution in [0.1, 0.15) is 24.4 Å². The van der Waals surface area contributed by atoms with Crippen LogP contribution in [0.5, 0.6) is 0 Å². The SMILES string of the molecule is O=CCc1cccc2nnn(C3CC3)c12. The minimum Gasteiger partial charge on any atom is -0.303 e. The molecule has 1 aromatic heterocycles. The van der Waals surface area contributed by atoms with Crippen molar-refractivity contribution in [3.05, 3.63) is 23.8 Å². The number of aldehydes is 1. The highest BCUT2D eigenvalue weighted by atomic mass is 16.1. The number of rotatable bonds is 3. The van der Waals surface area contributed by atoms with Crippen molar-refractivity contribution in [2.24, 2.45) is 0 Å². The van der Waals surface area contributed by atoms with E-state index < -0.39 is 0 Å². The maximum Gasteiger partial charge on any atom is 0.124 e. The summed E-state index contributed by atoms with van der Waals surface area (Å²) in [5, 5.41) is 8.27. The standard InChI is InChI=1S/C11H11N3O/c15-7-6-8-2-1-3-10-11(8)14(13-12-10)9-4-5-9/h1-3,7,9H,4-6H2. The minimum atomic E-state index is 0.442. The molecule has 0 radical (unpaired) electrons. The van der Waals surface area contributed by atoms with E-state index in [1.165, 1.54) is 12.8 Å². The third kappa shape index (κ3) is 1.33. The molecule has 1 aromatic carbocycles. The van der Waals surface area contributed by atoms with Gasteiger partial charge in [-0.15, -0.1) is 5.10 Å². The summed E-state index contributed by atoms with van der Waals surface area (Å²) < 4.78 is 1.97. The smallest absolute Gasteiger partial charge is 0.124 e. The summed E-state index contributed by atoms with van der Waals surface area (Å²) in [6, 6.07) is 6.34. The van der Waals surface area contributed by atoms with Crippen LogP contribution in [0, 0.1) is 0 Å². The van der Waals surface area contributed by atoms with Crippen LogP contribution >= 0.6 is 0 Å². The van der Waals surface area contributed by atoms with E-state index in [1.54, 1.807) is 0 Å². The zero-order valence-electron chi connectivity index (χ0n) is 8.26. The normalized spacial score (nSPS) is 15.7. The Labute approximate surface area is 86.9 Å². The third-order valence-electron chi connectivity index (χ3n) is 2.77. The second kappa shape index (κ2) is 3.15. The van der Waals surface area contributed by atoms with Gasteiger partial charge in [-0.2, -0.15) is 0 Å². The van der Waals surface area contributed by atoms with Gasteiger partial charge in [-0.05, 0) is 24.5 Å². The molecule has 1 heterocycles. The van der Waals surface area contributed by atoms with E-state index in [9.17, 15) is 4.79 Å². The van der Waals surface area contributed by atoms with Gasteiger partial charge in [-0.3, -0.25) is 0 Å². The number of carbonyl (C=O) groups excluding carboxylic acids is 1. The zero-order chi connectivity index (χ0) is 10.3. The average Bonchev–Trinajstić information content (AvgIpc) is 3.00. The van der Waals surface area contributed by atoms with Crippen LogP contribution in [0.4, 0.5) is 0 Å². The molecule has 0 amide bonds. The van der Waals surface area contributed by atoms with E-state index in [2.05, 4.69) is 10.3 Å². The molecule has 4 nitrogen and oxygen atoms in total. The molecule has 1 saturated carbocycles. The molecule has 0 atom stereocenters. The van der Waals surface area contributed by atoms with Gasteiger partial charge in [0.15, 0.2) is 0 Å². The molecule has 4 heteroatoms. The molecule has 1 aliphatic carbocycles. The van der Waals surface area contributed by atoms with E-state index in [-0.39, 0.29) is 0 Å². The van der Waals surface area contributed by atoms with Crippen molar-refractivity contribution in [1.29, 1.82) is 0 Å². The van der Waals surface area contributed by atoms with Gasteiger partial charge in [0.2, 0.25) is 0 Å². The number of benzene rings is 1. The van der Waals surface area contributed by atoms with Crippen molar-refractivity contribution >= 4 is 17.3 Å². The van der Waals surface area contributed by atoms with Gasteiger partial charge in [0, 0.05) is 6.42 Å². The number of carbonyl (C=O) groups is 1. The lowest BCUT2D eigenvalue weighted by Crippen LogP contribution is -1.99. The van der Waals surface area contributed by atoms with Gasteiger partial charge in [0.1, 0.15) is 11.8 Å². The Morgan fingerprint density at radius 3 is 3.07 bits per heavy atom. The monoisotopic (exact) mass is 201 g/mol. The first kappa shape index (κ1) is 8.59. The quantitative estimate of drug-likeness (QED) is 0.707. The Hall–Kier alpha value is -1.71. The van der Waals surface area contributed by atoms with Gasteiger partial charge < -0.3 is 4.79 Å². The molecule has 1 aliphatic rings. The molecule has 76 valence electrons. The summed E-state index contributed by atoms with van der Waals surface area (Å²) >= 11 is 0. The largest absolute Gasteiger partial charge is 0.303 e. The summed E-state index contributed by atoms with van der Waals surface area (Å²) in [5.74, 6) is 0. The average molecular weight is 201 g/mol. The topological polar surface area (TPSA) is 47.8 Å². The number of hydrogen-bond donors (Lipinski definition) is 0. The van der Waals surface area contributed by atoms with Crippen LogP contribution < -0.4 is 0 Å². The highest BCUT2D eigenvalue weighted by molar-refractivity contribution is 5.80. The molecular weight excluding hydrogens is 190 g/mol. The number of hydrogen-bond acceptors (Lipinski definition) is 3. The Morgan fingerprint density at radius 1 is 1.47 bits per heavy atom. The molecule has 0 aliphatic heterocycles. The van der Waals surface area contributed by atoms with Crippen LogP contribution in [0.2, 0.25) is 0 Å². The fraction of sp³-hybridized carbons (Fsp3) is 0.364. The lowest BCUT2D eigenvalue weighted by molar-refractivity contribution is -0.107. The molecule has 0 bridgehead atoms. The van der Waals surface area contributed by atoms with Crippen molar-refractivity contribution in [3.8, 4) is 0 Å². The third-order valence-corrected chi connectivity index (χ3v) is 2.77. The van der Waals surface area contributed by atoms with Crippen molar-refractivity contribution in [1.82, 2.24) is 15.0 Å². The molecule has 0 saturated heterocycles. The van der Waals surface area contributed by atoms with Crippen molar-refractivity contribution in [3.63, 3.8) is 0 Å². The van der Waals surface area contributed by atoms with E-state index in [1.807, 2.05) is 22.9 Å². The van der Waals surface area contributed by atoms with Crippen LogP contribution in [0.15, 0.2) is 18.2 Å². The van der Waals surface area contributed by atoms with E-state index in [0.717, 1.165) is 22.9 Å². The van der Waals surface area contributed by atoms with Crippen LogP contribution in [-0.4, -0.2) is 21.3 Å². The van der Waals surface area contributed by atoms with Gasteiger partial charge in [-0.1, -0.05) is 17.3 Å². The first-order chi connectivity index (χ1) is 7.40. The number of nitrogens with zero attached hydrogens (tertiary/aromatic N) is 3. The molecule has 1 fully saturated rings. The number of fused-ring (bicyclic) bond motifs is 1. The number of para-hydroxylation sites is 1. The Kier molecular flexibility index (Phi) is 1.80. The maximum absolute atomic E-state index is 10.6. The Bertz CT molecular complexity index is 514. The minimum absolute atomic E-state index is 0.442. The summed E-state index contributed by atoms with van der Waals surface area (Å²) in [5.41, 5.74) is 2.95. The first-order valence-corrected chi connectivity index (χ1v) is 5.16. The summed E-state index contributed by atoms with van der Waals surface area (Å²) in [4.78, 5) is 10.6. The predicted molar refractivity (Wildman–Crippen MR) is 55.6 cm³/mol. The highest BCUT2D eigenvalue weighted by Gasteiger charge is 2.27. The van der Waals surface area contributed by atoms with Crippen molar-refractivity contribution in [2.45, 2.75) is 25.3 Å². The lowest BCUT2D eigenvalue weighted by atomic mass is 10.1. The van der Waals surface area contributed by atoms with Crippen LogP contribution in [0.25, 0.3) is 11.0 Å². The van der Waals surface area contributed by atoms with E-state index in [0.29, 0.717) is 12.5 Å². The van der Waals surface area contributed by atoms with Crippen LogP contribution in [0.3, 0.4) is 0 Å². The molecule has 2 aromatic rings. The van der Waals surface area contributed by atoms with E-state index in [4.69, 9.17) is 0 Å². The fourth-order valence-electron chi connectivity index (χ4n) is 1.89. The summed E-state index contributed by atoms with van der Waals surface area (Å²) in [6.07, 6.45) is 3.72. The van der Waals surface area contributed by atoms with Crippen LogP contribution in [-0.2, 0) is 11.2 Å². The van der Waals surface area contributed by atoms with Crippen molar-refractivity contribution < 1.29 is 4.79 Å². The second-order valence-electron chi connectivity index (χ2n) is 3.92. The van der Waals surface area contributed by atoms with Gasteiger partial charge in [-0.25, -0.2) is 4.68 Å². The van der Waals surface area contributed by atoms with Crippen molar-refractivity contribution in [2.75, 3.05) is 0 Å². The van der Waals surface area contributed by atoms with E-state index >= 15 is 0 Å². The maximum atomic E-state index is 10.6. The van der Waals surface area contributed by atoms with Gasteiger partial charge in [0.05, 0.1) is 11.6 Å². The molecular formula is C11H11N3O. The lowest BCUT2D eigenvalue weighted by Gasteiger charge is -2.02. The first-order valence-electron chi connectivity index (χ1n) is 5.16. The molecule has 3 rings (SSSR count). The Balaban J connectivity index is 2.23. The predicted octanol–water partition coefficient (Wildman–Crippen LogP) is 1.51. The summed E-state index contributed by atoms with van der Waals surface area (Å²) in [6.45, 7) is 0. The van der Waals surface area contributed by atoms with Gasteiger partial charge >= 0.3 is 0 Å². The fourth-order valence-corrected chi connectivity index (χ4v) is 1.89. The molecule has 0 spiro atoms. The molecule has 0 N–H and O–H groups in total. The van der Waals surface area contributed by atoms with Gasteiger partial charge in [0.25, 0.3) is 0 Å². The highest BCUT2D eigenvalue weighted by Crippen LogP contribution is 2.36.